The van der Waals surface area contributed by atoms with E-state index >= 15 is 0 Å². The maximum atomic E-state index is 14.0. The number of rotatable bonds is 5. The Morgan fingerprint density at radius 3 is 2.60 bits per heavy atom. The number of para-hydroxylation sites is 1. The SMILES string of the molecule is O=C(O)c1ccc(CNC2CCCN(c3ccccc3F)C2=O)cc1. The molecule has 1 aliphatic rings. The van der Waals surface area contributed by atoms with Gasteiger partial charge in [-0.15, -0.1) is 0 Å². The first-order valence-corrected chi connectivity index (χ1v) is 8.18. The Bertz CT molecular complexity index is 776. The second-order valence-corrected chi connectivity index (χ2v) is 6.02. The molecule has 0 saturated carbocycles. The zero-order chi connectivity index (χ0) is 17.8. The summed E-state index contributed by atoms with van der Waals surface area (Å²) in [7, 11) is 0. The van der Waals surface area contributed by atoms with Crippen LogP contribution in [-0.4, -0.2) is 29.6 Å². The van der Waals surface area contributed by atoms with Gasteiger partial charge in [-0.25, -0.2) is 9.18 Å². The number of halogens is 1. The largest absolute Gasteiger partial charge is 0.478 e. The topological polar surface area (TPSA) is 69.6 Å². The van der Waals surface area contributed by atoms with Gasteiger partial charge in [0.1, 0.15) is 5.82 Å². The van der Waals surface area contributed by atoms with Crippen molar-refractivity contribution in [3.63, 3.8) is 0 Å². The number of amides is 1. The van der Waals surface area contributed by atoms with E-state index in [9.17, 15) is 14.0 Å². The van der Waals surface area contributed by atoms with Gasteiger partial charge >= 0.3 is 5.97 Å². The van der Waals surface area contributed by atoms with Gasteiger partial charge < -0.3 is 15.3 Å². The molecule has 0 aromatic heterocycles. The second-order valence-electron chi connectivity index (χ2n) is 6.02. The number of carbonyl (C=O) groups excluding carboxylic acids is 1. The zero-order valence-electron chi connectivity index (χ0n) is 13.6. The fraction of sp³-hybridized carbons (Fsp3) is 0.263. The molecule has 1 amide bonds. The lowest BCUT2D eigenvalue weighted by Crippen LogP contribution is -2.50. The van der Waals surface area contributed by atoms with Crippen LogP contribution in [0.1, 0.15) is 28.8 Å². The van der Waals surface area contributed by atoms with Crippen molar-refractivity contribution in [1.29, 1.82) is 0 Å². The molecule has 6 heteroatoms. The van der Waals surface area contributed by atoms with E-state index < -0.39 is 11.8 Å². The molecule has 1 atom stereocenters. The summed E-state index contributed by atoms with van der Waals surface area (Å²) in [6.45, 7) is 0.951. The number of carbonyl (C=O) groups is 2. The lowest BCUT2D eigenvalue weighted by Gasteiger charge is -2.33. The fourth-order valence-electron chi connectivity index (χ4n) is 2.98. The summed E-state index contributed by atoms with van der Waals surface area (Å²) >= 11 is 0. The van der Waals surface area contributed by atoms with Crippen molar-refractivity contribution in [2.75, 3.05) is 11.4 Å². The van der Waals surface area contributed by atoms with Crippen molar-refractivity contribution in [1.82, 2.24) is 5.32 Å². The number of hydrogen-bond acceptors (Lipinski definition) is 3. The minimum absolute atomic E-state index is 0.140. The molecule has 2 aromatic rings. The summed E-state index contributed by atoms with van der Waals surface area (Å²) in [6.07, 6.45) is 1.48. The Balaban J connectivity index is 1.65. The van der Waals surface area contributed by atoms with Crippen molar-refractivity contribution in [3.05, 3.63) is 65.5 Å². The van der Waals surface area contributed by atoms with E-state index in [4.69, 9.17) is 5.11 Å². The Morgan fingerprint density at radius 1 is 1.20 bits per heavy atom. The molecule has 2 aromatic carbocycles. The predicted molar refractivity (Wildman–Crippen MR) is 92.0 cm³/mol. The van der Waals surface area contributed by atoms with Gasteiger partial charge in [0.15, 0.2) is 0 Å². The third-order valence-electron chi connectivity index (χ3n) is 4.34. The molecular weight excluding hydrogens is 323 g/mol. The number of nitrogens with one attached hydrogen (secondary N) is 1. The van der Waals surface area contributed by atoms with Crippen molar-refractivity contribution in [2.45, 2.75) is 25.4 Å². The van der Waals surface area contributed by atoms with Crippen LogP contribution in [0.2, 0.25) is 0 Å². The van der Waals surface area contributed by atoms with Gasteiger partial charge in [0, 0.05) is 13.1 Å². The number of aromatic carboxylic acids is 1. The summed E-state index contributed by atoms with van der Waals surface area (Å²) in [5, 5.41) is 12.1. The van der Waals surface area contributed by atoms with Gasteiger partial charge in [0.05, 0.1) is 17.3 Å². The minimum atomic E-state index is -0.970. The van der Waals surface area contributed by atoms with E-state index in [2.05, 4.69) is 5.32 Å². The quantitative estimate of drug-likeness (QED) is 0.877. The summed E-state index contributed by atoms with van der Waals surface area (Å²) in [6, 6.07) is 12.4. The Kier molecular flexibility index (Phi) is 5.09. The predicted octanol–water partition coefficient (Wildman–Crippen LogP) is 2.81. The van der Waals surface area contributed by atoms with E-state index in [0.29, 0.717) is 25.2 Å². The van der Waals surface area contributed by atoms with Crippen LogP contribution in [0.3, 0.4) is 0 Å². The first-order chi connectivity index (χ1) is 12.1. The van der Waals surface area contributed by atoms with Crippen LogP contribution < -0.4 is 10.2 Å². The highest BCUT2D eigenvalue weighted by molar-refractivity contribution is 5.98. The molecule has 1 aliphatic heterocycles. The van der Waals surface area contributed by atoms with Crippen molar-refractivity contribution in [3.8, 4) is 0 Å². The zero-order valence-corrected chi connectivity index (χ0v) is 13.6. The first-order valence-electron chi connectivity index (χ1n) is 8.18. The molecule has 0 spiro atoms. The molecule has 2 N–H and O–H groups in total. The van der Waals surface area contributed by atoms with E-state index in [0.717, 1.165) is 12.0 Å². The lowest BCUT2D eigenvalue weighted by molar-refractivity contribution is -0.121. The van der Waals surface area contributed by atoms with Gasteiger partial charge in [-0.2, -0.15) is 0 Å². The molecular formula is C19H19FN2O3. The monoisotopic (exact) mass is 342 g/mol. The minimum Gasteiger partial charge on any atom is -0.478 e. The molecule has 0 bridgehead atoms. The van der Waals surface area contributed by atoms with E-state index in [1.54, 1.807) is 30.3 Å². The number of carboxylic acid groups (broad SMARTS) is 1. The van der Waals surface area contributed by atoms with Gasteiger partial charge in [-0.05, 0) is 42.7 Å². The Hall–Kier alpha value is -2.73. The Morgan fingerprint density at radius 2 is 1.92 bits per heavy atom. The molecule has 25 heavy (non-hydrogen) atoms. The van der Waals surface area contributed by atoms with Crippen LogP contribution in [0.4, 0.5) is 10.1 Å². The fourth-order valence-corrected chi connectivity index (χ4v) is 2.98. The molecule has 3 rings (SSSR count). The van der Waals surface area contributed by atoms with E-state index in [1.165, 1.54) is 23.1 Å². The molecule has 0 aliphatic carbocycles. The number of nitrogens with zero attached hydrogens (tertiary/aromatic N) is 1. The van der Waals surface area contributed by atoms with Crippen LogP contribution >= 0.6 is 0 Å². The van der Waals surface area contributed by atoms with Crippen molar-refractivity contribution >= 4 is 17.6 Å². The number of carboxylic acids is 1. The van der Waals surface area contributed by atoms with E-state index in [1.807, 2.05) is 0 Å². The van der Waals surface area contributed by atoms with Crippen molar-refractivity contribution < 1.29 is 19.1 Å². The third-order valence-corrected chi connectivity index (χ3v) is 4.34. The van der Waals surface area contributed by atoms with Gasteiger partial charge in [0.25, 0.3) is 0 Å². The number of anilines is 1. The average Bonchev–Trinajstić information content (AvgIpc) is 2.62. The molecule has 1 heterocycles. The normalized spacial score (nSPS) is 17.6. The number of hydrogen-bond donors (Lipinski definition) is 2. The van der Waals surface area contributed by atoms with Crippen LogP contribution in [0, 0.1) is 5.82 Å². The first kappa shape index (κ1) is 17.1. The van der Waals surface area contributed by atoms with E-state index in [-0.39, 0.29) is 17.5 Å². The third kappa shape index (κ3) is 3.85. The smallest absolute Gasteiger partial charge is 0.335 e. The van der Waals surface area contributed by atoms with Crippen molar-refractivity contribution in [2.24, 2.45) is 0 Å². The average molecular weight is 342 g/mol. The maximum Gasteiger partial charge on any atom is 0.335 e. The number of piperidine rings is 1. The summed E-state index contributed by atoms with van der Waals surface area (Å²) in [4.78, 5) is 25.0. The molecule has 5 nitrogen and oxygen atoms in total. The summed E-state index contributed by atoms with van der Waals surface area (Å²) in [5.41, 5.74) is 1.42. The Labute approximate surface area is 145 Å². The summed E-state index contributed by atoms with van der Waals surface area (Å²) < 4.78 is 14.0. The van der Waals surface area contributed by atoms with Crippen LogP contribution in [0.25, 0.3) is 0 Å². The van der Waals surface area contributed by atoms with Gasteiger partial charge in [-0.1, -0.05) is 24.3 Å². The molecule has 0 radical (unpaired) electrons. The van der Waals surface area contributed by atoms with Crippen LogP contribution in [0.5, 0.6) is 0 Å². The van der Waals surface area contributed by atoms with Crippen LogP contribution in [-0.2, 0) is 11.3 Å². The molecule has 1 saturated heterocycles. The van der Waals surface area contributed by atoms with Gasteiger partial charge in [0.2, 0.25) is 5.91 Å². The van der Waals surface area contributed by atoms with Gasteiger partial charge in [-0.3, -0.25) is 4.79 Å². The maximum absolute atomic E-state index is 14.0. The number of benzene rings is 2. The highest BCUT2D eigenvalue weighted by Crippen LogP contribution is 2.24. The highest BCUT2D eigenvalue weighted by Gasteiger charge is 2.30. The molecule has 1 fully saturated rings. The molecule has 130 valence electrons. The van der Waals surface area contributed by atoms with Crippen LogP contribution in [0.15, 0.2) is 48.5 Å². The summed E-state index contributed by atoms with van der Waals surface area (Å²) in [5.74, 6) is -1.51. The lowest BCUT2D eigenvalue weighted by atomic mass is 10.0. The standard InChI is InChI=1S/C19H19FN2O3/c20-15-4-1-2-6-17(15)22-11-3-5-16(18(22)23)21-12-13-7-9-14(10-8-13)19(24)25/h1-2,4,6-10,16,21H,3,5,11-12H2,(H,24,25). The highest BCUT2D eigenvalue weighted by atomic mass is 19.1. The second kappa shape index (κ2) is 7.44. The molecule has 1 unspecified atom stereocenters.